The highest BCUT2D eigenvalue weighted by Gasteiger charge is 2.47. The number of aliphatic hydroxyl groups is 1. The number of carbonyl (C=O) groups is 2. The predicted molar refractivity (Wildman–Crippen MR) is 143 cm³/mol. The van der Waals surface area contributed by atoms with Gasteiger partial charge in [-0.1, -0.05) is 68.8 Å². The van der Waals surface area contributed by atoms with Gasteiger partial charge in [0.25, 0.3) is 11.7 Å². The van der Waals surface area contributed by atoms with E-state index in [0.717, 1.165) is 36.8 Å². The number of Topliss-reactive ketones (excluding diaryl/α,β-unsaturated/α-hetero) is 1. The molecule has 0 saturated carbocycles. The lowest BCUT2D eigenvalue weighted by molar-refractivity contribution is -0.132. The zero-order valence-corrected chi connectivity index (χ0v) is 21.2. The van der Waals surface area contributed by atoms with Crippen LogP contribution in [-0.4, -0.2) is 23.4 Å². The molecule has 5 heteroatoms. The summed E-state index contributed by atoms with van der Waals surface area (Å²) in [6.45, 7) is 6.59. The minimum absolute atomic E-state index is 0.0768. The lowest BCUT2D eigenvalue weighted by Crippen LogP contribution is -2.29. The number of unbranched alkanes of at least 4 members (excludes halogenated alkanes) is 1. The lowest BCUT2D eigenvalue weighted by Gasteiger charge is -2.26. The zero-order chi connectivity index (χ0) is 25.7. The van der Waals surface area contributed by atoms with Crippen LogP contribution in [0.1, 0.15) is 61.9 Å². The van der Waals surface area contributed by atoms with Crippen LogP contribution >= 0.6 is 0 Å². The molecule has 1 heterocycles. The van der Waals surface area contributed by atoms with Crippen molar-refractivity contribution >= 4 is 23.1 Å². The Morgan fingerprint density at radius 3 is 2.25 bits per heavy atom. The molecular formula is C31H33NO4. The van der Waals surface area contributed by atoms with Crippen molar-refractivity contribution in [3.8, 4) is 5.75 Å². The van der Waals surface area contributed by atoms with Crippen LogP contribution in [-0.2, 0) is 22.4 Å². The molecule has 3 aromatic rings. The molecule has 1 amide bonds. The first-order valence-corrected chi connectivity index (χ1v) is 12.7. The Balaban J connectivity index is 1.84. The second-order valence-corrected chi connectivity index (χ2v) is 9.00. The number of rotatable bonds is 9. The van der Waals surface area contributed by atoms with Gasteiger partial charge in [-0.15, -0.1) is 0 Å². The number of benzene rings is 3. The summed E-state index contributed by atoms with van der Waals surface area (Å²) in [4.78, 5) is 28.3. The van der Waals surface area contributed by atoms with Crippen LogP contribution in [0.2, 0.25) is 0 Å². The fourth-order valence-corrected chi connectivity index (χ4v) is 4.61. The Labute approximate surface area is 213 Å². The smallest absolute Gasteiger partial charge is 0.300 e. The van der Waals surface area contributed by atoms with Crippen LogP contribution in [0.25, 0.3) is 5.76 Å². The van der Waals surface area contributed by atoms with E-state index < -0.39 is 17.7 Å². The number of hydrogen-bond acceptors (Lipinski definition) is 4. The van der Waals surface area contributed by atoms with Crippen molar-refractivity contribution in [2.24, 2.45) is 0 Å². The van der Waals surface area contributed by atoms with E-state index in [0.29, 0.717) is 23.6 Å². The molecule has 0 radical (unpaired) electrons. The number of aliphatic hydroxyl groups excluding tert-OH is 1. The number of nitrogens with zero attached hydrogens (tertiary/aromatic N) is 1. The van der Waals surface area contributed by atoms with Gasteiger partial charge in [-0.25, -0.2) is 0 Å². The van der Waals surface area contributed by atoms with Crippen LogP contribution < -0.4 is 9.64 Å². The zero-order valence-electron chi connectivity index (χ0n) is 21.2. The SMILES string of the molecule is CCCCc1ccc(N2C(=O)C(=O)/C(=C(\O)c3cccc(OCC)c3)C2c2ccc(CC)cc2)cc1. The predicted octanol–water partition coefficient (Wildman–Crippen LogP) is 6.62. The molecule has 1 saturated heterocycles. The monoisotopic (exact) mass is 483 g/mol. The van der Waals surface area contributed by atoms with Crippen molar-refractivity contribution < 1.29 is 19.4 Å². The second-order valence-electron chi connectivity index (χ2n) is 9.00. The molecular weight excluding hydrogens is 450 g/mol. The third kappa shape index (κ3) is 5.06. The van der Waals surface area contributed by atoms with Crippen molar-refractivity contribution in [3.05, 3.63) is 101 Å². The standard InChI is InChI=1S/C31H33NO4/c1-4-7-9-22-14-18-25(19-15-22)32-28(23-16-12-21(5-2)13-17-23)27(30(34)31(32)35)29(33)24-10-8-11-26(20-24)36-6-3/h8,10-20,28,33H,4-7,9H2,1-3H3/b29-27-. The molecule has 4 rings (SSSR count). The molecule has 186 valence electrons. The average Bonchev–Trinajstić information content (AvgIpc) is 3.18. The molecule has 5 nitrogen and oxygen atoms in total. The Kier molecular flexibility index (Phi) is 7.89. The summed E-state index contributed by atoms with van der Waals surface area (Å²) in [5.41, 5.74) is 4.25. The molecule has 1 atom stereocenters. The summed E-state index contributed by atoms with van der Waals surface area (Å²) in [7, 11) is 0. The summed E-state index contributed by atoms with van der Waals surface area (Å²) < 4.78 is 5.58. The maximum absolute atomic E-state index is 13.4. The number of aryl methyl sites for hydroxylation is 2. The van der Waals surface area contributed by atoms with Crippen molar-refractivity contribution in [2.45, 2.75) is 52.5 Å². The molecule has 1 aliphatic rings. The third-order valence-electron chi connectivity index (χ3n) is 6.60. The number of anilines is 1. The van der Waals surface area contributed by atoms with Crippen LogP contribution in [0.5, 0.6) is 5.75 Å². The number of ether oxygens (including phenoxy) is 1. The number of hydrogen-bond donors (Lipinski definition) is 1. The number of carbonyl (C=O) groups excluding carboxylic acids is 2. The Morgan fingerprint density at radius 1 is 0.917 bits per heavy atom. The molecule has 1 aliphatic heterocycles. The first kappa shape index (κ1) is 25.2. The molecule has 1 N–H and O–H groups in total. The summed E-state index contributed by atoms with van der Waals surface area (Å²) in [6, 6.07) is 21.9. The molecule has 3 aromatic carbocycles. The fourth-order valence-electron chi connectivity index (χ4n) is 4.61. The van der Waals surface area contributed by atoms with Crippen molar-refractivity contribution in [1.29, 1.82) is 0 Å². The van der Waals surface area contributed by atoms with Crippen molar-refractivity contribution in [3.63, 3.8) is 0 Å². The fraction of sp³-hybridized carbons (Fsp3) is 0.290. The minimum Gasteiger partial charge on any atom is -0.507 e. The van der Waals surface area contributed by atoms with E-state index >= 15 is 0 Å². The topological polar surface area (TPSA) is 66.8 Å². The van der Waals surface area contributed by atoms with E-state index in [4.69, 9.17) is 4.74 Å². The number of ketones is 1. The van der Waals surface area contributed by atoms with E-state index in [1.165, 1.54) is 10.5 Å². The minimum atomic E-state index is -0.742. The highest BCUT2D eigenvalue weighted by molar-refractivity contribution is 6.51. The first-order chi connectivity index (χ1) is 17.5. The van der Waals surface area contributed by atoms with Gasteiger partial charge in [0.2, 0.25) is 0 Å². The molecule has 0 aliphatic carbocycles. The molecule has 0 bridgehead atoms. The van der Waals surface area contributed by atoms with E-state index in [1.807, 2.05) is 55.5 Å². The summed E-state index contributed by atoms with van der Waals surface area (Å²) >= 11 is 0. The summed E-state index contributed by atoms with van der Waals surface area (Å²) in [5, 5.41) is 11.4. The molecule has 1 fully saturated rings. The van der Waals surface area contributed by atoms with Gasteiger partial charge in [-0.2, -0.15) is 0 Å². The van der Waals surface area contributed by atoms with Crippen LogP contribution in [0.4, 0.5) is 5.69 Å². The van der Waals surface area contributed by atoms with Crippen LogP contribution in [0, 0.1) is 0 Å². The maximum atomic E-state index is 13.4. The highest BCUT2D eigenvalue weighted by atomic mass is 16.5. The normalized spacial score (nSPS) is 17.0. The quantitative estimate of drug-likeness (QED) is 0.211. The van der Waals surface area contributed by atoms with E-state index in [-0.39, 0.29) is 11.3 Å². The largest absolute Gasteiger partial charge is 0.507 e. The van der Waals surface area contributed by atoms with Crippen molar-refractivity contribution in [2.75, 3.05) is 11.5 Å². The molecule has 0 spiro atoms. The van der Waals surface area contributed by atoms with Gasteiger partial charge in [0.1, 0.15) is 11.5 Å². The van der Waals surface area contributed by atoms with E-state index in [2.05, 4.69) is 13.8 Å². The van der Waals surface area contributed by atoms with Crippen LogP contribution in [0.3, 0.4) is 0 Å². The van der Waals surface area contributed by atoms with E-state index in [9.17, 15) is 14.7 Å². The Morgan fingerprint density at radius 2 is 1.61 bits per heavy atom. The molecule has 36 heavy (non-hydrogen) atoms. The van der Waals surface area contributed by atoms with Gasteiger partial charge in [-0.3, -0.25) is 14.5 Å². The number of amides is 1. The van der Waals surface area contributed by atoms with Gasteiger partial charge in [-0.05, 0) is 67.1 Å². The van der Waals surface area contributed by atoms with Gasteiger partial charge < -0.3 is 9.84 Å². The van der Waals surface area contributed by atoms with Gasteiger partial charge in [0.05, 0.1) is 18.2 Å². The van der Waals surface area contributed by atoms with Gasteiger partial charge in [0, 0.05) is 11.3 Å². The van der Waals surface area contributed by atoms with E-state index in [1.54, 1.807) is 24.3 Å². The lowest BCUT2D eigenvalue weighted by atomic mass is 9.94. The first-order valence-electron chi connectivity index (χ1n) is 12.7. The highest BCUT2D eigenvalue weighted by Crippen LogP contribution is 2.42. The Hall–Kier alpha value is -3.86. The summed E-state index contributed by atoms with van der Waals surface area (Å²) in [6.07, 6.45) is 4.04. The average molecular weight is 484 g/mol. The second kappa shape index (κ2) is 11.3. The Bertz CT molecular complexity index is 1260. The van der Waals surface area contributed by atoms with Crippen LogP contribution in [0.15, 0.2) is 78.4 Å². The van der Waals surface area contributed by atoms with Gasteiger partial charge in [0.15, 0.2) is 0 Å². The van der Waals surface area contributed by atoms with Gasteiger partial charge >= 0.3 is 0 Å². The third-order valence-corrected chi connectivity index (χ3v) is 6.60. The molecule has 1 unspecified atom stereocenters. The maximum Gasteiger partial charge on any atom is 0.300 e. The summed E-state index contributed by atoms with van der Waals surface area (Å²) in [5.74, 6) is -0.971. The van der Waals surface area contributed by atoms with Crippen molar-refractivity contribution in [1.82, 2.24) is 0 Å². The molecule has 0 aromatic heterocycles.